The van der Waals surface area contributed by atoms with Crippen LogP contribution in [0.2, 0.25) is 5.02 Å². The van der Waals surface area contributed by atoms with Crippen molar-refractivity contribution < 1.29 is 9.59 Å². The van der Waals surface area contributed by atoms with Crippen molar-refractivity contribution in [3.8, 4) is 0 Å². The highest BCUT2D eigenvalue weighted by Gasteiger charge is 2.42. The van der Waals surface area contributed by atoms with Crippen LogP contribution in [0, 0.1) is 12.3 Å². The molecule has 1 aliphatic carbocycles. The molecule has 0 aliphatic heterocycles. The summed E-state index contributed by atoms with van der Waals surface area (Å²) in [6.07, 6.45) is 4.16. The van der Waals surface area contributed by atoms with Crippen LogP contribution in [0.1, 0.15) is 37.7 Å². The number of aryl methyl sites for hydroxylation is 1. The summed E-state index contributed by atoms with van der Waals surface area (Å²) in [5.74, 6) is 0.616. The molecule has 0 bridgehead atoms. The van der Waals surface area contributed by atoms with Crippen molar-refractivity contribution in [2.24, 2.45) is 10.4 Å². The van der Waals surface area contributed by atoms with Crippen LogP contribution < -0.4 is 16.0 Å². The molecule has 7 nitrogen and oxygen atoms in total. The third-order valence-corrected chi connectivity index (χ3v) is 5.59. The second kappa shape index (κ2) is 12.3. The molecule has 1 aromatic carbocycles. The van der Waals surface area contributed by atoms with Crippen LogP contribution in [0.25, 0.3) is 0 Å². The van der Waals surface area contributed by atoms with Crippen LogP contribution in [0.15, 0.2) is 23.2 Å². The van der Waals surface area contributed by atoms with E-state index in [0.29, 0.717) is 29.8 Å². The molecular weight excluding hydrogens is 517 g/mol. The maximum absolute atomic E-state index is 12.7. The minimum Gasteiger partial charge on any atom is -0.356 e. The third-order valence-electron chi connectivity index (χ3n) is 5.28. The molecule has 1 aromatic rings. The standard InChI is InChI=1S/C21H32ClN5O2.HI/c1-15-7-8-17(16(22)13-15)26-18(28)9-12-24-20(23-2)25-14-21(10-5-6-11-21)19(29)27(3)4;/h7-8,13H,5-6,9-12,14H2,1-4H3,(H,26,28)(H2,23,24,25);1H. The van der Waals surface area contributed by atoms with Gasteiger partial charge in [-0.3, -0.25) is 14.6 Å². The highest BCUT2D eigenvalue weighted by atomic mass is 127. The van der Waals surface area contributed by atoms with Crippen LogP contribution in [-0.4, -0.2) is 56.9 Å². The predicted molar refractivity (Wildman–Crippen MR) is 134 cm³/mol. The molecule has 0 aromatic heterocycles. The summed E-state index contributed by atoms with van der Waals surface area (Å²) in [7, 11) is 5.28. The Kier molecular flexibility index (Phi) is 10.9. The van der Waals surface area contributed by atoms with Gasteiger partial charge >= 0.3 is 0 Å². The van der Waals surface area contributed by atoms with Crippen molar-refractivity contribution in [1.82, 2.24) is 15.5 Å². The van der Waals surface area contributed by atoms with Gasteiger partial charge in [0.05, 0.1) is 16.1 Å². The number of nitrogens with one attached hydrogen (secondary N) is 3. The zero-order valence-corrected chi connectivity index (χ0v) is 21.3. The van der Waals surface area contributed by atoms with Crippen molar-refractivity contribution in [2.75, 3.05) is 39.5 Å². The molecule has 3 N–H and O–H groups in total. The second-order valence-electron chi connectivity index (χ2n) is 7.82. The first-order valence-electron chi connectivity index (χ1n) is 10.00. The lowest BCUT2D eigenvalue weighted by Crippen LogP contribution is -2.49. The molecule has 30 heavy (non-hydrogen) atoms. The predicted octanol–water partition coefficient (Wildman–Crippen LogP) is 3.41. The summed E-state index contributed by atoms with van der Waals surface area (Å²) in [5.41, 5.74) is 1.27. The molecule has 2 rings (SSSR count). The molecule has 0 heterocycles. The number of hydrogen-bond donors (Lipinski definition) is 3. The van der Waals surface area contributed by atoms with E-state index < -0.39 is 0 Å². The first-order chi connectivity index (χ1) is 13.8. The van der Waals surface area contributed by atoms with Crippen molar-refractivity contribution in [1.29, 1.82) is 0 Å². The summed E-state index contributed by atoms with van der Waals surface area (Å²) < 4.78 is 0. The summed E-state index contributed by atoms with van der Waals surface area (Å²) >= 11 is 6.15. The van der Waals surface area contributed by atoms with Crippen molar-refractivity contribution in [3.63, 3.8) is 0 Å². The van der Waals surface area contributed by atoms with Gasteiger partial charge in [-0.15, -0.1) is 24.0 Å². The van der Waals surface area contributed by atoms with E-state index in [1.165, 1.54) is 0 Å². The summed E-state index contributed by atoms with van der Waals surface area (Å²) in [6, 6.07) is 5.51. The fraction of sp³-hybridized carbons (Fsp3) is 0.571. The van der Waals surface area contributed by atoms with Gasteiger partial charge in [-0.25, -0.2) is 0 Å². The van der Waals surface area contributed by atoms with E-state index in [9.17, 15) is 9.59 Å². The van der Waals surface area contributed by atoms with Gasteiger partial charge in [-0.2, -0.15) is 0 Å². The van der Waals surface area contributed by atoms with Crippen LogP contribution in [-0.2, 0) is 9.59 Å². The summed E-state index contributed by atoms with van der Waals surface area (Å²) in [4.78, 5) is 30.7. The number of carbonyl (C=O) groups excluding carboxylic acids is 2. The number of rotatable bonds is 7. The minimum atomic E-state index is -0.374. The van der Waals surface area contributed by atoms with E-state index in [0.717, 1.165) is 31.2 Å². The van der Waals surface area contributed by atoms with Gasteiger partial charge < -0.3 is 20.9 Å². The largest absolute Gasteiger partial charge is 0.356 e. The number of amides is 2. The number of aliphatic imine (C=N–C) groups is 1. The Morgan fingerprint density at radius 3 is 2.43 bits per heavy atom. The fourth-order valence-electron chi connectivity index (χ4n) is 3.69. The Bertz CT molecular complexity index is 764. The Morgan fingerprint density at radius 1 is 1.20 bits per heavy atom. The number of hydrogen-bond acceptors (Lipinski definition) is 3. The number of anilines is 1. The fourth-order valence-corrected chi connectivity index (χ4v) is 3.98. The Hall–Kier alpha value is -1.55. The number of nitrogens with zero attached hydrogens (tertiary/aromatic N) is 2. The molecule has 1 saturated carbocycles. The molecule has 0 unspecified atom stereocenters. The number of benzene rings is 1. The zero-order valence-electron chi connectivity index (χ0n) is 18.2. The molecule has 9 heteroatoms. The maximum Gasteiger partial charge on any atom is 0.230 e. The smallest absolute Gasteiger partial charge is 0.230 e. The van der Waals surface area contributed by atoms with Crippen LogP contribution >= 0.6 is 35.6 Å². The van der Waals surface area contributed by atoms with Gasteiger partial charge in [-0.05, 0) is 37.5 Å². The Labute approximate surface area is 201 Å². The number of halogens is 2. The molecule has 2 amide bonds. The first kappa shape index (κ1) is 26.5. The van der Waals surface area contributed by atoms with Crippen LogP contribution in [0.5, 0.6) is 0 Å². The Morgan fingerprint density at radius 2 is 1.87 bits per heavy atom. The van der Waals surface area contributed by atoms with Gasteiger partial charge in [0.15, 0.2) is 5.96 Å². The zero-order chi connectivity index (χ0) is 21.4. The van der Waals surface area contributed by atoms with E-state index in [2.05, 4.69) is 20.9 Å². The number of carbonyl (C=O) groups is 2. The average molecular weight is 550 g/mol. The van der Waals surface area contributed by atoms with E-state index in [4.69, 9.17) is 11.6 Å². The molecule has 168 valence electrons. The van der Waals surface area contributed by atoms with Gasteiger partial charge in [0.1, 0.15) is 0 Å². The van der Waals surface area contributed by atoms with Crippen LogP contribution in [0.4, 0.5) is 5.69 Å². The van der Waals surface area contributed by atoms with Gasteiger partial charge in [0, 0.05) is 40.7 Å². The number of guanidine groups is 1. The van der Waals surface area contributed by atoms with Gasteiger partial charge in [0.2, 0.25) is 11.8 Å². The monoisotopic (exact) mass is 549 g/mol. The maximum atomic E-state index is 12.7. The lowest BCUT2D eigenvalue weighted by molar-refractivity contribution is -0.138. The van der Waals surface area contributed by atoms with Crippen molar-refractivity contribution in [2.45, 2.75) is 39.0 Å². The topological polar surface area (TPSA) is 85.8 Å². The lowest BCUT2D eigenvalue weighted by Gasteiger charge is -2.31. The van der Waals surface area contributed by atoms with E-state index in [1.807, 2.05) is 19.1 Å². The second-order valence-corrected chi connectivity index (χ2v) is 8.23. The quantitative estimate of drug-likeness (QED) is 0.276. The minimum absolute atomic E-state index is 0. The normalized spacial score (nSPS) is 15.2. The molecule has 0 spiro atoms. The Balaban J connectivity index is 0.00000450. The van der Waals surface area contributed by atoms with E-state index in [1.54, 1.807) is 32.1 Å². The van der Waals surface area contributed by atoms with Gasteiger partial charge in [-0.1, -0.05) is 30.5 Å². The van der Waals surface area contributed by atoms with Crippen molar-refractivity contribution in [3.05, 3.63) is 28.8 Å². The van der Waals surface area contributed by atoms with Gasteiger partial charge in [0.25, 0.3) is 0 Å². The highest BCUT2D eigenvalue weighted by molar-refractivity contribution is 14.0. The SMILES string of the molecule is CN=C(NCCC(=O)Nc1ccc(C)cc1Cl)NCC1(C(=O)N(C)C)CCCC1.I. The third kappa shape index (κ3) is 7.30. The molecule has 1 aliphatic rings. The molecule has 1 fully saturated rings. The highest BCUT2D eigenvalue weighted by Crippen LogP contribution is 2.38. The van der Waals surface area contributed by atoms with E-state index >= 15 is 0 Å². The summed E-state index contributed by atoms with van der Waals surface area (Å²) in [6.45, 7) is 2.90. The molecular formula is C21H33ClIN5O2. The summed E-state index contributed by atoms with van der Waals surface area (Å²) in [5, 5.41) is 9.75. The van der Waals surface area contributed by atoms with Crippen molar-refractivity contribution >= 4 is 59.0 Å². The molecule has 0 saturated heterocycles. The van der Waals surface area contributed by atoms with Crippen LogP contribution in [0.3, 0.4) is 0 Å². The molecule has 0 radical (unpaired) electrons. The molecule has 0 atom stereocenters. The first-order valence-corrected chi connectivity index (χ1v) is 10.4. The average Bonchev–Trinajstić information content (AvgIpc) is 3.16. The lowest BCUT2D eigenvalue weighted by atomic mass is 9.84. The van der Waals surface area contributed by atoms with E-state index in [-0.39, 0.29) is 47.6 Å².